The fourth-order valence-electron chi connectivity index (χ4n) is 13.3. The Kier molecular flexibility index (Phi) is 18.6. The molecule has 8 aliphatic rings. The number of phenols is 2. The van der Waals surface area contributed by atoms with Crippen LogP contribution in [0, 0.1) is 11.8 Å². The van der Waals surface area contributed by atoms with Crippen molar-refractivity contribution in [2.24, 2.45) is 11.8 Å². The van der Waals surface area contributed by atoms with E-state index in [2.05, 4.69) is 35.9 Å². The van der Waals surface area contributed by atoms with Crippen LogP contribution in [0.25, 0.3) is 39.5 Å². The first-order chi connectivity index (χ1) is 42.9. The number of aromatic hydroxyl groups is 2. The SMILES string of the molecule is CC(C)=CCCC1(C)C=Cc2c(O)c3c(c(CC=C(C)C)c2O1)OC12C(=CC4CC1C(C)(C)OC2(C/C=C(/C)C(=O)NCCOCCOCCNC(=O)CCCCCNC(=O)c1ccc(-c2c5ccc(=O)cc-5oc5cc(O)ccc25)c(C(=O)O)c1)C4=O)C3=O. The van der Waals surface area contributed by atoms with Crippen molar-refractivity contribution in [1.29, 1.82) is 0 Å². The second-order valence-corrected chi connectivity index (χ2v) is 25.2. The van der Waals surface area contributed by atoms with Crippen LogP contribution >= 0.6 is 0 Å². The Hall–Kier alpha value is -8.65. The number of benzene rings is 4. The molecule has 4 bridgehead atoms. The lowest BCUT2D eigenvalue weighted by molar-refractivity contribution is -0.171. The van der Waals surface area contributed by atoms with Crippen molar-refractivity contribution in [2.45, 2.75) is 136 Å². The molecule has 19 heteroatoms. The van der Waals surface area contributed by atoms with Crippen LogP contribution < -0.4 is 30.9 Å². The summed E-state index contributed by atoms with van der Waals surface area (Å²) < 4.78 is 38.3. The van der Waals surface area contributed by atoms with Gasteiger partial charge in [0.1, 0.15) is 45.5 Å². The van der Waals surface area contributed by atoms with Gasteiger partial charge in [-0.15, -0.1) is 0 Å². The maximum absolute atomic E-state index is 15.2. The topological polar surface area (TPSA) is 276 Å². The summed E-state index contributed by atoms with van der Waals surface area (Å²) in [7, 11) is 0. The fraction of sp³-hybridized carbons (Fsp3) is 0.423. The van der Waals surface area contributed by atoms with Crippen molar-refractivity contribution in [3.05, 3.63) is 145 Å². The predicted octanol–water partition coefficient (Wildman–Crippen LogP) is 10.7. The molecule has 4 heterocycles. The normalized spacial score (nSPS) is 21.6. The molecule has 1 saturated heterocycles. The van der Waals surface area contributed by atoms with Gasteiger partial charge in [-0.2, -0.15) is 0 Å². The summed E-state index contributed by atoms with van der Waals surface area (Å²) in [5.74, 6) is -3.45. The van der Waals surface area contributed by atoms with Crippen molar-refractivity contribution in [2.75, 3.05) is 46.1 Å². The van der Waals surface area contributed by atoms with Crippen LogP contribution in [-0.2, 0) is 35.0 Å². The average Bonchev–Trinajstić information content (AvgIpc) is 1.42. The number of hydrogen-bond donors (Lipinski definition) is 6. The third-order valence-electron chi connectivity index (χ3n) is 17.8. The summed E-state index contributed by atoms with van der Waals surface area (Å²) in [6.45, 7) is 17.3. The third kappa shape index (κ3) is 12.5. The zero-order chi connectivity index (χ0) is 64.5. The Morgan fingerprint density at radius 3 is 2.22 bits per heavy atom. The molecular formula is C71H79N3O16. The molecule has 3 amide bonds. The molecule has 19 nitrogen and oxygen atoms in total. The maximum Gasteiger partial charge on any atom is 0.336 e. The molecule has 4 aliphatic carbocycles. The van der Waals surface area contributed by atoms with Gasteiger partial charge < -0.3 is 59.4 Å². The second kappa shape index (κ2) is 26.1. The number of carbonyl (C=O) groups excluding carboxylic acids is 5. The van der Waals surface area contributed by atoms with Crippen molar-refractivity contribution < 1.29 is 72.2 Å². The smallest absolute Gasteiger partial charge is 0.336 e. The largest absolute Gasteiger partial charge is 0.508 e. The zero-order valence-corrected chi connectivity index (χ0v) is 52.3. The second-order valence-electron chi connectivity index (χ2n) is 25.2. The Balaban J connectivity index is 0.655. The van der Waals surface area contributed by atoms with E-state index in [9.17, 15) is 44.1 Å². The summed E-state index contributed by atoms with van der Waals surface area (Å²) in [4.78, 5) is 94.1. The first-order valence-electron chi connectivity index (χ1n) is 30.9. The predicted molar refractivity (Wildman–Crippen MR) is 338 cm³/mol. The van der Waals surface area contributed by atoms with Crippen LogP contribution in [0.1, 0.15) is 149 Å². The van der Waals surface area contributed by atoms with E-state index in [1.54, 1.807) is 37.3 Å². The van der Waals surface area contributed by atoms with Crippen LogP contribution in [-0.4, -0.2) is 119 Å². The number of ketones is 2. The minimum atomic E-state index is -1.67. The number of fused-ring (bicyclic) bond motifs is 4. The van der Waals surface area contributed by atoms with Gasteiger partial charge in [-0.05, 0) is 148 Å². The highest BCUT2D eigenvalue weighted by Crippen LogP contribution is 2.69. The molecular weight excluding hydrogens is 1150 g/mol. The van der Waals surface area contributed by atoms with E-state index in [0.717, 1.165) is 12.0 Å². The number of carboxylic acid groups (broad SMARTS) is 1. The number of allylic oxidation sites excluding steroid dienone is 5. The molecule has 1 saturated carbocycles. The van der Waals surface area contributed by atoms with Crippen LogP contribution in [0.4, 0.5) is 0 Å². The quantitative estimate of drug-likeness (QED) is 0.0130. The molecule has 90 heavy (non-hydrogen) atoms. The highest BCUT2D eigenvalue weighted by atomic mass is 16.6. The zero-order valence-electron chi connectivity index (χ0n) is 52.3. The number of phenolic OH excluding ortho intramolecular Hbond substituents is 2. The molecule has 6 N–H and O–H groups in total. The average molecular weight is 1230 g/mol. The number of aromatic carboxylic acids is 1. The van der Waals surface area contributed by atoms with Gasteiger partial charge >= 0.3 is 5.97 Å². The molecule has 5 unspecified atom stereocenters. The van der Waals surface area contributed by atoms with Crippen molar-refractivity contribution >= 4 is 52.3 Å². The van der Waals surface area contributed by atoms with E-state index in [1.807, 2.05) is 52.8 Å². The third-order valence-corrected chi connectivity index (χ3v) is 17.8. The lowest BCUT2D eigenvalue weighted by atomic mass is 9.51. The van der Waals surface area contributed by atoms with Crippen LogP contribution in [0.2, 0.25) is 0 Å². The first kappa shape index (κ1) is 64.3. The first-order valence-corrected chi connectivity index (χ1v) is 30.9. The number of carbonyl (C=O) groups is 6. The molecule has 474 valence electrons. The Morgan fingerprint density at radius 2 is 1.49 bits per heavy atom. The Bertz CT molecular complexity index is 3910. The molecule has 0 aromatic heterocycles. The minimum Gasteiger partial charge on any atom is -0.508 e. The summed E-state index contributed by atoms with van der Waals surface area (Å²) in [5.41, 5.74) is 0.201. The van der Waals surface area contributed by atoms with E-state index >= 15 is 4.79 Å². The number of unbranched alkanes of at least 4 members (excludes halogenated alkanes) is 2. The summed E-state index contributed by atoms with van der Waals surface area (Å²) >= 11 is 0. The highest BCUT2D eigenvalue weighted by Gasteiger charge is 2.81. The number of amides is 3. The lowest BCUT2D eigenvalue weighted by Gasteiger charge is -2.56. The lowest BCUT2D eigenvalue weighted by Crippen LogP contribution is -2.72. The van der Waals surface area contributed by atoms with Crippen molar-refractivity contribution in [1.82, 2.24) is 16.0 Å². The van der Waals surface area contributed by atoms with E-state index in [4.69, 9.17) is 28.1 Å². The van der Waals surface area contributed by atoms with Gasteiger partial charge in [0.2, 0.25) is 11.8 Å². The number of carboxylic acids is 1. The summed E-state index contributed by atoms with van der Waals surface area (Å²) in [6, 6.07) is 13.0. The summed E-state index contributed by atoms with van der Waals surface area (Å²) in [5, 5.41) is 41.5. The summed E-state index contributed by atoms with van der Waals surface area (Å²) in [6.07, 6.45) is 15.6. The number of rotatable bonds is 26. The van der Waals surface area contributed by atoms with Crippen LogP contribution in [0.15, 0.2) is 116 Å². The van der Waals surface area contributed by atoms with Gasteiger partial charge in [0, 0.05) is 95.2 Å². The minimum absolute atomic E-state index is 0.0350. The molecule has 3 aromatic carbocycles. The van der Waals surface area contributed by atoms with Crippen LogP contribution in [0.3, 0.4) is 0 Å². The van der Waals surface area contributed by atoms with Gasteiger partial charge in [-0.1, -0.05) is 47.9 Å². The molecule has 11 rings (SSSR count). The number of Topliss-reactive ketones (excluding diaryl/α,β-unsaturated/α-hetero) is 2. The van der Waals surface area contributed by atoms with Gasteiger partial charge in [-0.25, -0.2) is 4.79 Å². The maximum atomic E-state index is 15.2. The van der Waals surface area contributed by atoms with Crippen molar-refractivity contribution in [3.63, 3.8) is 0 Å². The Labute approximate surface area is 522 Å². The van der Waals surface area contributed by atoms with E-state index in [-0.39, 0.29) is 120 Å². The molecule has 0 radical (unpaired) electrons. The van der Waals surface area contributed by atoms with E-state index in [0.29, 0.717) is 96.1 Å². The van der Waals surface area contributed by atoms with Crippen LogP contribution in [0.5, 0.6) is 23.0 Å². The molecule has 3 aromatic rings. The van der Waals surface area contributed by atoms with Gasteiger partial charge in [0.25, 0.3) is 5.91 Å². The molecule has 4 aliphatic heterocycles. The fourth-order valence-corrected chi connectivity index (χ4v) is 13.3. The van der Waals surface area contributed by atoms with Gasteiger partial charge in [0.15, 0.2) is 28.2 Å². The standard InChI is InChI=1S/C71H79N3O16/c1-40(2)13-12-25-69(8)26-24-50-60(78)59-61(79)53-36-44-37-56-68(6,7)90-70(64(44)80,71(53,56)89-63(59)51(62(50)88-69)19-15-41(3)4)27-23-42(5)65(81)74-30-32-86-34-33-85-31-29-72-57(77)14-10-9-11-28-73-66(82)43-16-20-47(52(35-43)67(83)84)58-48-21-17-45(75)38-54(48)87-55-39-46(76)18-22-49(55)58/h13,15-18,20-24,26,35-36,38-39,44,56,75,78H,9-12,14,19,25,27-34,37H2,1-8H3,(H,72,77)(H,73,82)(H,74,81)(H,83,84)/b42-23-. The van der Waals surface area contributed by atoms with Gasteiger partial charge in [-0.3, -0.25) is 28.8 Å². The van der Waals surface area contributed by atoms with E-state index in [1.165, 1.54) is 42.0 Å². The number of ether oxygens (including phenoxy) is 5. The van der Waals surface area contributed by atoms with Crippen molar-refractivity contribution in [3.8, 4) is 45.4 Å². The molecule has 2 fully saturated rings. The monoisotopic (exact) mass is 1230 g/mol. The number of nitrogens with one attached hydrogen (secondary N) is 3. The van der Waals surface area contributed by atoms with E-state index < -0.39 is 51.9 Å². The molecule has 1 spiro atoms. The highest BCUT2D eigenvalue weighted by molar-refractivity contribution is 6.19. The number of hydrogen-bond acceptors (Lipinski definition) is 15. The molecule has 5 atom stereocenters. The van der Waals surface area contributed by atoms with Gasteiger partial charge in [0.05, 0.1) is 43.2 Å². The Morgan fingerprint density at radius 1 is 0.756 bits per heavy atom.